The van der Waals surface area contributed by atoms with Crippen LogP contribution in [0.5, 0.6) is 0 Å². The maximum absolute atomic E-state index is 13.2. The van der Waals surface area contributed by atoms with Gasteiger partial charge in [0, 0.05) is 36.1 Å². The Morgan fingerprint density at radius 1 is 0.943 bits per heavy atom. The number of hydrogen-bond acceptors (Lipinski definition) is 3. The smallest absolute Gasteiger partial charge is 0.255 e. The number of carbonyl (C=O) groups is 2. The zero-order valence-electron chi connectivity index (χ0n) is 20.3. The Hall–Kier alpha value is -3.60. The van der Waals surface area contributed by atoms with Gasteiger partial charge in [-0.1, -0.05) is 49.7 Å². The molecule has 1 heterocycles. The number of nitrogens with zero attached hydrogens (tertiary/aromatic N) is 1. The van der Waals surface area contributed by atoms with E-state index in [1.807, 2.05) is 42.5 Å². The average Bonchev–Trinajstić information content (AvgIpc) is 3.71. The van der Waals surface area contributed by atoms with Gasteiger partial charge in [0.25, 0.3) is 11.8 Å². The molecular formula is C30H33N3O2. The van der Waals surface area contributed by atoms with Gasteiger partial charge in [-0.05, 0) is 79.1 Å². The number of nitrogens with one attached hydrogen (secondary N) is 2. The van der Waals surface area contributed by atoms with Gasteiger partial charge >= 0.3 is 0 Å². The summed E-state index contributed by atoms with van der Waals surface area (Å²) in [6, 6.07) is 22.3. The Balaban J connectivity index is 1.36. The van der Waals surface area contributed by atoms with Crippen molar-refractivity contribution >= 4 is 23.2 Å². The number of unbranched alkanes of at least 4 members (excludes halogenated alkanes) is 1. The predicted molar refractivity (Wildman–Crippen MR) is 141 cm³/mol. The molecule has 5 nitrogen and oxygen atoms in total. The highest BCUT2D eigenvalue weighted by atomic mass is 16.2. The zero-order valence-corrected chi connectivity index (χ0v) is 20.3. The molecule has 0 bridgehead atoms. The highest BCUT2D eigenvalue weighted by molar-refractivity contribution is 6.06. The lowest BCUT2D eigenvalue weighted by molar-refractivity contribution is 0.0950. The summed E-state index contributed by atoms with van der Waals surface area (Å²) in [4.78, 5) is 28.4. The molecule has 0 saturated heterocycles. The third-order valence-electron chi connectivity index (χ3n) is 6.92. The second kappa shape index (κ2) is 10.3. The van der Waals surface area contributed by atoms with E-state index in [2.05, 4.69) is 46.7 Å². The third kappa shape index (κ3) is 5.56. The summed E-state index contributed by atoms with van der Waals surface area (Å²) in [5.74, 6) is -0.238. The van der Waals surface area contributed by atoms with Crippen molar-refractivity contribution in [3.63, 3.8) is 0 Å². The molecule has 5 rings (SSSR count). The minimum Gasteiger partial charge on any atom is -0.366 e. The minimum absolute atomic E-state index is 0.0715. The molecule has 0 unspecified atom stereocenters. The van der Waals surface area contributed by atoms with E-state index >= 15 is 0 Å². The largest absolute Gasteiger partial charge is 0.366 e. The average molecular weight is 468 g/mol. The summed E-state index contributed by atoms with van der Waals surface area (Å²) >= 11 is 0. The number of carbonyl (C=O) groups excluding carboxylic acids is 2. The van der Waals surface area contributed by atoms with Gasteiger partial charge in [-0.2, -0.15) is 0 Å². The highest BCUT2D eigenvalue weighted by Crippen LogP contribution is 2.31. The summed E-state index contributed by atoms with van der Waals surface area (Å²) in [6.45, 7) is 3.81. The molecule has 3 aromatic rings. The summed E-state index contributed by atoms with van der Waals surface area (Å²) in [5, 5.41) is 6.12. The normalized spacial score (nSPS) is 14.8. The van der Waals surface area contributed by atoms with Gasteiger partial charge in [-0.15, -0.1) is 0 Å². The molecule has 0 spiro atoms. The van der Waals surface area contributed by atoms with Crippen LogP contribution in [0.1, 0.15) is 70.0 Å². The second-order valence-electron chi connectivity index (χ2n) is 9.67. The van der Waals surface area contributed by atoms with Gasteiger partial charge in [-0.3, -0.25) is 9.59 Å². The fraction of sp³-hybridized carbons (Fsp3) is 0.333. The fourth-order valence-electron chi connectivity index (χ4n) is 4.67. The van der Waals surface area contributed by atoms with Crippen LogP contribution in [0.2, 0.25) is 0 Å². The van der Waals surface area contributed by atoms with Crippen LogP contribution < -0.4 is 15.5 Å². The van der Waals surface area contributed by atoms with Crippen LogP contribution in [0, 0.1) is 0 Å². The van der Waals surface area contributed by atoms with E-state index in [1.54, 1.807) is 0 Å². The zero-order chi connectivity index (χ0) is 24.2. The van der Waals surface area contributed by atoms with Crippen molar-refractivity contribution < 1.29 is 9.59 Å². The van der Waals surface area contributed by atoms with E-state index < -0.39 is 0 Å². The van der Waals surface area contributed by atoms with Gasteiger partial charge in [0.2, 0.25) is 0 Å². The Kier molecular flexibility index (Phi) is 6.84. The van der Waals surface area contributed by atoms with Crippen LogP contribution in [0.3, 0.4) is 0 Å². The van der Waals surface area contributed by atoms with Crippen molar-refractivity contribution in [2.75, 3.05) is 16.8 Å². The van der Waals surface area contributed by atoms with E-state index in [1.165, 1.54) is 16.7 Å². The summed E-state index contributed by atoms with van der Waals surface area (Å²) in [5.41, 5.74) is 6.69. The molecule has 1 saturated carbocycles. The maximum atomic E-state index is 13.2. The fourth-order valence-corrected chi connectivity index (χ4v) is 4.67. The second-order valence-corrected chi connectivity index (χ2v) is 9.67. The Labute approximate surface area is 207 Å². The molecule has 2 aliphatic rings. The first kappa shape index (κ1) is 23.2. The SMILES string of the molecule is CCCCc1ccc(C(=O)Nc2ccc(N3CCc4ccccc4C3)c(C(=O)NC3CC3)c2)cc1. The molecule has 3 aromatic carbocycles. The van der Waals surface area contributed by atoms with E-state index in [9.17, 15) is 9.59 Å². The molecular weight excluding hydrogens is 434 g/mol. The number of rotatable bonds is 8. The van der Waals surface area contributed by atoms with Gasteiger partial charge < -0.3 is 15.5 Å². The number of anilines is 2. The number of aryl methyl sites for hydroxylation is 1. The Morgan fingerprint density at radius 3 is 2.46 bits per heavy atom. The molecule has 5 heteroatoms. The van der Waals surface area contributed by atoms with Crippen LogP contribution >= 0.6 is 0 Å². The van der Waals surface area contributed by atoms with Crippen LogP contribution in [0.4, 0.5) is 11.4 Å². The molecule has 0 aromatic heterocycles. The van der Waals surface area contributed by atoms with Crippen molar-refractivity contribution in [2.24, 2.45) is 0 Å². The number of hydrogen-bond donors (Lipinski definition) is 2. The summed E-state index contributed by atoms with van der Waals surface area (Å²) < 4.78 is 0. The van der Waals surface area contributed by atoms with Gasteiger partial charge in [-0.25, -0.2) is 0 Å². The van der Waals surface area contributed by atoms with Crippen molar-refractivity contribution in [3.05, 3.63) is 94.5 Å². The molecule has 1 aliphatic carbocycles. The molecule has 1 fully saturated rings. The van der Waals surface area contributed by atoms with Crippen molar-refractivity contribution in [1.29, 1.82) is 0 Å². The lowest BCUT2D eigenvalue weighted by Gasteiger charge is -2.32. The minimum atomic E-state index is -0.166. The van der Waals surface area contributed by atoms with Crippen LogP contribution in [0.15, 0.2) is 66.7 Å². The summed E-state index contributed by atoms with van der Waals surface area (Å²) in [6.07, 6.45) is 6.34. The van der Waals surface area contributed by atoms with Crippen molar-refractivity contribution in [1.82, 2.24) is 5.32 Å². The predicted octanol–water partition coefficient (Wildman–Crippen LogP) is 5.74. The Bertz CT molecular complexity index is 1210. The number of amides is 2. The van der Waals surface area contributed by atoms with Crippen LogP contribution in [-0.2, 0) is 19.4 Å². The molecule has 0 atom stereocenters. The first-order chi connectivity index (χ1) is 17.1. The van der Waals surface area contributed by atoms with E-state index in [0.29, 0.717) is 16.8 Å². The molecule has 1 aliphatic heterocycles. The number of fused-ring (bicyclic) bond motifs is 1. The van der Waals surface area contributed by atoms with E-state index in [0.717, 1.165) is 57.3 Å². The van der Waals surface area contributed by atoms with Crippen molar-refractivity contribution in [3.8, 4) is 0 Å². The van der Waals surface area contributed by atoms with Gasteiger partial charge in [0.05, 0.1) is 5.56 Å². The lowest BCUT2D eigenvalue weighted by atomic mass is 9.98. The molecule has 2 amide bonds. The van der Waals surface area contributed by atoms with E-state index in [-0.39, 0.29) is 17.9 Å². The summed E-state index contributed by atoms with van der Waals surface area (Å²) in [7, 11) is 0. The first-order valence-corrected chi connectivity index (χ1v) is 12.8. The van der Waals surface area contributed by atoms with Crippen LogP contribution in [-0.4, -0.2) is 24.4 Å². The highest BCUT2D eigenvalue weighted by Gasteiger charge is 2.27. The number of benzene rings is 3. The quantitative estimate of drug-likeness (QED) is 0.444. The lowest BCUT2D eigenvalue weighted by Crippen LogP contribution is -2.33. The maximum Gasteiger partial charge on any atom is 0.255 e. The van der Waals surface area contributed by atoms with Crippen LogP contribution in [0.25, 0.3) is 0 Å². The standard InChI is InChI=1S/C30H33N3O2/c1-2-3-6-21-9-11-23(12-10-21)29(34)32-26-15-16-28(27(19-26)30(35)31-25-13-14-25)33-18-17-22-7-4-5-8-24(22)20-33/h4-5,7-12,15-16,19,25H,2-3,6,13-14,17-18,20H2,1H3,(H,31,35)(H,32,34). The topological polar surface area (TPSA) is 61.4 Å². The Morgan fingerprint density at radius 2 is 1.71 bits per heavy atom. The monoisotopic (exact) mass is 467 g/mol. The van der Waals surface area contributed by atoms with Gasteiger partial charge in [0.1, 0.15) is 0 Å². The van der Waals surface area contributed by atoms with E-state index in [4.69, 9.17) is 0 Å². The molecule has 35 heavy (non-hydrogen) atoms. The third-order valence-corrected chi connectivity index (χ3v) is 6.92. The van der Waals surface area contributed by atoms with Gasteiger partial charge in [0.15, 0.2) is 0 Å². The molecule has 2 N–H and O–H groups in total. The molecule has 180 valence electrons. The molecule has 0 radical (unpaired) electrons. The first-order valence-electron chi connectivity index (χ1n) is 12.8. The van der Waals surface area contributed by atoms with Crippen molar-refractivity contribution in [2.45, 2.75) is 58.0 Å².